The van der Waals surface area contributed by atoms with E-state index in [1.807, 2.05) is 25.1 Å². The SMILES string of the molecule is CCC(CC(=O)Nc1cc(N2CCOCC2)ccc1OC)c1ccc(F)cc1. The molecular weight excluding hydrogens is 359 g/mol. The number of rotatable bonds is 7. The van der Waals surface area contributed by atoms with Crippen molar-refractivity contribution < 1.29 is 18.7 Å². The number of ether oxygens (including phenoxy) is 2. The maximum absolute atomic E-state index is 13.2. The topological polar surface area (TPSA) is 50.8 Å². The normalized spacial score (nSPS) is 15.2. The zero-order valence-electron chi connectivity index (χ0n) is 16.4. The smallest absolute Gasteiger partial charge is 0.225 e. The van der Waals surface area contributed by atoms with Crippen LogP contribution in [0.1, 0.15) is 31.2 Å². The first-order chi connectivity index (χ1) is 13.6. The molecule has 1 aliphatic heterocycles. The number of nitrogens with one attached hydrogen (secondary N) is 1. The summed E-state index contributed by atoms with van der Waals surface area (Å²) in [6.45, 7) is 5.07. The van der Waals surface area contributed by atoms with Crippen LogP contribution in [-0.2, 0) is 9.53 Å². The summed E-state index contributed by atoms with van der Waals surface area (Å²) < 4.78 is 24.0. The molecule has 1 atom stereocenters. The third-order valence-electron chi connectivity index (χ3n) is 5.10. The molecule has 3 rings (SSSR count). The third-order valence-corrected chi connectivity index (χ3v) is 5.10. The lowest BCUT2D eigenvalue weighted by Crippen LogP contribution is -2.36. The Kier molecular flexibility index (Phi) is 6.87. The summed E-state index contributed by atoms with van der Waals surface area (Å²) in [7, 11) is 1.59. The summed E-state index contributed by atoms with van der Waals surface area (Å²) in [4.78, 5) is 14.9. The van der Waals surface area contributed by atoms with Crippen LogP contribution >= 0.6 is 0 Å². The van der Waals surface area contributed by atoms with E-state index in [0.29, 0.717) is 31.1 Å². The number of carbonyl (C=O) groups excluding carboxylic acids is 1. The van der Waals surface area contributed by atoms with Crippen LogP contribution in [0.3, 0.4) is 0 Å². The second-order valence-corrected chi connectivity index (χ2v) is 6.89. The van der Waals surface area contributed by atoms with Gasteiger partial charge in [-0.2, -0.15) is 0 Å². The number of morpholine rings is 1. The van der Waals surface area contributed by atoms with E-state index in [-0.39, 0.29) is 17.6 Å². The molecule has 5 nitrogen and oxygen atoms in total. The van der Waals surface area contributed by atoms with Crippen molar-refractivity contribution in [3.05, 3.63) is 53.8 Å². The highest BCUT2D eigenvalue weighted by Gasteiger charge is 2.18. The first kappa shape index (κ1) is 20.1. The molecule has 0 radical (unpaired) electrons. The van der Waals surface area contributed by atoms with Crippen molar-refractivity contribution in [2.45, 2.75) is 25.7 Å². The van der Waals surface area contributed by atoms with Gasteiger partial charge in [-0.1, -0.05) is 19.1 Å². The number of nitrogens with zero attached hydrogens (tertiary/aromatic N) is 1. The summed E-state index contributed by atoms with van der Waals surface area (Å²) in [5, 5.41) is 2.99. The quantitative estimate of drug-likeness (QED) is 0.775. The zero-order valence-corrected chi connectivity index (χ0v) is 16.4. The van der Waals surface area contributed by atoms with E-state index in [1.165, 1.54) is 12.1 Å². The van der Waals surface area contributed by atoms with Gasteiger partial charge in [0.25, 0.3) is 0 Å². The molecule has 1 fully saturated rings. The fourth-order valence-corrected chi connectivity index (χ4v) is 3.47. The molecule has 2 aromatic rings. The highest BCUT2D eigenvalue weighted by Crippen LogP contribution is 2.31. The van der Waals surface area contributed by atoms with Gasteiger partial charge >= 0.3 is 0 Å². The van der Waals surface area contributed by atoms with E-state index in [1.54, 1.807) is 19.2 Å². The van der Waals surface area contributed by atoms with Crippen molar-refractivity contribution in [1.29, 1.82) is 0 Å². The largest absolute Gasteiger partial charge is 0.495 e. The standard InChI is InChI=1S/C22H27FN2O3/c1-3-16(17-4-6-18(23)7-5-17)14-22(26)24-20-15-19(8-9-21(20)27-2)25-10-12-28-13-11-25/h4-9,15-16H,3,10-14H2,1-2H3,(H,24,26). The Hall–Kier alpha value is -2.60. The molecule has 0 aromatic heterocycles. The van der Waals surface area contributed by atoms with Crippen LogP contribution in [0.25, 0.3) is 0 Å². The van der Waals surface area contributed by atoms with E-state index in [9.17, 15) is 9.18 Å². The van der Waals surface area contributed by atoms with Gasteiger partial charge in [0.1, 0.15) is 11.6 Å². The van der Waals surface area contributed by atoms with Gasteiger partial charge in [0, 0.05) is 25.2 Å². The second-order valence-electron chi connectivity index (χ2n) is 6.89. The van der Waals surface area contributed by atoms with Crippen molar-refractivity contribution in [1.82, 2.24) is 0 Å². The molecule has 1 unspecified atom stereocenters. The number of anilines is 2. The molecule has 150 valence electrons. The molecule has 28 heavy (non-hydrogen) atoms. The number of hydrogen-bond donors (Lipinski definition) is 1. The predicted molar refractivity (Wildman–Crippen MR) is 109 cm³/mol. The molecule has 1 amide bonds. The highest BCUT2D eigenvalue weighted by molar-refractivity contribution is 5.93. The number of methoxy groups -OCH3 is 1. The number of benzene rings is 2. The highest BCUT2D eigenvalue weighted by atomic mass is 19.1. The average Bonchev–Trinajstić information content (AvgIpc) is 2.73. The predicted octanol–water partition coefficient (Wildman–Crippen LogP) is 4.19. The van der Waals surface area contributed by atoms with Gasteiger partial charge in [0.05, 0.1) is 26.0 Å². The molecule has 6 heteroatoms. The van der Waals surface area contributed by atoms with Crippen LogP contribution in [0.2, 0.25) is 0 Å². The molecule has 1 aliphatic rings. The number of carbonyl (C=O) groups is 1. The Morgan fingerprint density at radius 3 is 2.57 bits per heavy atom. The lowest BCUT2D eigenvalue weighted by atomic mass is 9.93. The lowest BCUT2D eigenvalue weighted by molar-refractivity contribution is -0.116. The van der Waals surface area contributed by atoms with Crippen LogP contribution in [0, 0.1) is 5.82 Å². The summed E-state index contributed by atoms with van der Waals surface area (Å²) in [5.74, 6) is 0.301. The first-order valence-electron chi connectivity index (χ1n) is 9.66. The zero-order chi connectivity index (χ0) is 19.9. The fraction of sp³-hybridized carbons (Fsp3) is 0.409. The van der Waals surface area contributed by atoms with Gasteiger partial charge in [-0.25, -0.2) is 4.39 Å². The summed E-state index contributed by atoms with van der Waals surface area (Å²) in [6, 6.07) is 12.2. The minimum Gasteiger partial charge on any atom is -0.495 e. The van der Waals surface area contributed by atoms with Gasteiger partial charge in [-0.3, -0.25) is 4.79 Å². The first-order valence-corrected chi connectivity index (χ1v) is 9.66. The van der Waals surface area contributed by atoms with E-state index >= 15 is 0 Å². The van der Waals surface area contributed by atoms with E-state index in [2.05, 4.69) is 10.2 Å². The molecule has 1 heterocycles. The Bertz CT molecular complexity index is 789. The number of hydrogen-bond acceptors (Lipinski definition) is 4. The van der Waals surface area contributed by atoms with Gasteiger partial charge in [-0.05, 0) is 48.2 Å². The van der Waals surface area contributed by atoms with Gasteiger partial charge < -0.3 is 19.7 Å². The van der Waals surface area contributed by atoms with Crippen LogP contribution in [-0.4, -0.2) is 39.3 Å². The van der Waals surface area contributed by atoms with Crippen LogP contribution in [0.15, 0.2) is 42.5 Å². The Balaban J connectivity index is 1.71. The van der Waals surface area contributed by atoms with Crippen LogP contribution in [0.4, 0.5) is 15.8 Å². The van der Waals surface area contributed by atoms with Crippen molar-refractivity contribution in [3.8, 4) is 5.75 Å². The fourth-order valence-electron chi connectivity index (χ4n) is 3.47. The van der Waals surface area contributed by atoms with Crippen molar-refractivity contribution in [3.63, 3.8) is 0 Å². The number of halogens is 1. The average molecular weight is 386 g/mol. The Morgan fingerprint density at radius 2 is 1.93 bits per heavy atom. The molecule has 0 aliphatic carbocycles. The van der Waals surface area contributed by atoms with Crippen LogP contribution < -0.4 is 15.0 Å². The van der Waals surface area contributed by atoms with E-state index in [0.717, 1.165) is 30.8 Å². The summed E-state index contributed by atoms with van der Waals surface area (Å²) in [5.41, 5.74) is 2.66. The van der Waals surface area contributed by atoms with Crippen molar-refractivity contribution >= 4 is 17.3 Å². The van der Waals surface area contributed by atoms with Gasteiger partial charge in [-0.15, -0.1) is 0 Å². The maximum Gasteiger partial charge on any atom is 0.225 e. The second kappa shape index (κ2) is 9.55. The third kappa shape index (κ3) is 5.01. The molecule has 1 N–H and O–H groups in total. The lowest BCUT2D eigenvalue weighted by Gasteiger charge is -2.29. The maximum atomic E-state index is 13.2. The Labute approximate surface area is 165 Å². The number of amides is 1. The van der Waals surface area contributed by atoms with Gasteiger partial charge in [0.2, 0.25) is 5.91 Å². The molecule has 0 bridgehead atoms. The van der Waals surface area contributed by atoms with Crippen molar-refractivity contribution in [2.24, 2.45) is 0 Å². The minimum atomic E-state index is -0.271. The molecule has 0 saturated carbocycles. The summed E-state index contributed by atoms with van der Waals surface area (Å²) in [6.07, 6.45) is 1.12. The molecule has 0 spiro atoms. The summed E-state index contributed by atoms with van der Waals surface area (Å²) >= 11 is 0. The Morgan fingerprint density at radius 1 is 1.21 bits per heavy atom. The van der Waals surface area contributed by atoms with Gasteiger partial charge in [0.15, 0.2) is 0 Å². The molecule has 1 saturated heterocycles. The van der Waals surface area contributed by atoms with E-state index in [4.69, 9.17) is 9.47 Å². The van der Waals surface area contributed by atoms with E-state index < -0.39 is 0 Å². The monoisotopic (exact) mass is 386 g/mol. The molecular formula is C22H27FN2O3. The minimum absolute atomic E-state index is 0.0361. The molecule has 2 aromatic carbocycles. The van der Waals surface area contributed by atoms with Crippen molar-refractivity contribution in [2.75, 3.05) is 43.6 Å². The van der Waals surface area contributed by atoms with Crippen LogP contribution in [0.5, 0.6) is 5.75 Å².